The molecule has 0 saturated heterocycles. The van der Waals surface area contributed by atoms with Gasteiger partial charge in [-0.15, -0.1) is 0 Å². The SMILES string of the molecule is NC(=O)OCCNC(=O)c1cccc(Cl)c1N. The Hall–Kier alpha value is -1.95. The van der Waals surface area contributed by atoms with Crippen LogP contribution in [0.2, 0.25) is 5.02 Å². The second-order valence-corrected chi connectivity index (χ2v) is 3.53. The Morgan fingerprint density at radius 2 is 2.12 bits per heavy atom. The lowest BCUT2D eigenvalue weighted by molar-refractivity contribution is 0.0937. The van der Waals surface area contributed by atoms with Gasteiger partial charge in [0.25, 0.3) is 5.91 Å². The first-order valence-corrected chi connectivity index (χ1v) is 5.14. The Bertz CT molecular complexity index is 437. The molecule has 1 aromatic carbocycles. The summed E-state index contributed by atoms with van der Waals surface area (Å²) in [6.45, 7) is 0.148. The van der Waals surface area contributed by atoms with E-state index in [1.165, 1.54) is 0 Å². The molecule has 5 N–H and O–H groups in total. The second kappa shape index (κ2) is 5.95. The van der Waals surface area contributed by atoms with Gasteiger partial charge in [-0.25, -0.2) is 4.79 Å². The number of carbonyl (C=O) groups excluding carboxylic acids is 2. The van der Waals surface area contributed by atoms with Crippen LogP contribution in [0.15, 0.2) is 18.2 Å². The Morgan fingerprint density at radius 1 is 1.41 bits per heavy atom. The summed E-state index contributed by atoms with van der Waals surface area (Å²) in [7, 11) is 0. The van der Waals surface area contributed by atoms with Gasteiger partial charge in [0.1, 0.15) is 6.61 Å². The van der Waals surface area contributed by atoms with Crippen molar-refractivity contribution in [2.24, 2.45) is 5.73 Å². The van der Waals surface area contributed by atoms with E-state index in [2.05, 4.69) is 10.1 Å². The average molecular weight is 258 g/mol. The van der Waals surface area contributed by atoms with Crippen LogP contribution in [0.1, 0.15) is 10.4 Å². The monoisotopic (exact) mass is 257 g/mol. The van der Waals surface area contributed by atoms with E-state index in [9.17, 15) is 9.59 Å². The summed E-state index contributed by atoms with van der Waals surface area (Å²) in [5.74, 6) is -0.391. The van der Waals surface area contributed by atoms with Crippen LogP contribution in [0.25, 0.3) is 0 Å². The zero-order valence-electron chi connectivity index (χ0n) is 8.90. The van der Waals surface area contributed by atoms with E-state index >= 15 is 0 Å². The number of nitrogens with one attached hydrogen (secondary N) is 1. The number of amides is 2. The minimum atomic E-state index is -0.887. The number of primary amides is 1. The van der Waals surface area contributed by atoms with Crippen molar-refractivity contribution in [2.75, 3.05) is 18.9 Å². The van der Waals surface area contributed by atoms with Crippen molar-refractivity contribution in [1.29, 1.82) is 0 Å². The minimum Gasteiger partial charge on any atom is -0.448 e. The summed E-state index contributed by atoms with van der Waals surface area (Å²) in [6.07, 6.45) is -0.887. The van der Waals surface area contributed by atoms with Gasteiger partial charge >= 0.3 is 6.09 Å². The number of ether oxygens (including phenoxy) is 1. The Balaban J connectivity index is 2.53. The number of hydrogen-bond donors (Lipinski definition) is 3. The van der Waals surface area contributed by atoms with Crippen molar-refractivity contribution in [1.82, 2.24) is 5.32 Å². The molecule has 0 heterocycles. The summed E-state index contributed by atoms with van der Waals surface area (Å²) in [5.41, 5.74) is 10.9. The molecule has 0 saturated carbocycles. The third-order valence-electron chi connectivity index (χ3n) is 1.93. The molecule has 0 aliphatic carbocycles. The first-order valence-electron chi connectivity index (χ1n) is 4.76. The van der Waals surface area contributed by atoms with Crippen LogP contribution in [0.5, 0.6) is 0 Å². The van der Waals surface area contributed by atoms with Gasteiger partial charge in [0, 0.05) is 0 Å². The summed E-state index contributed by atoms with van der Waals surface area (Å²) < 4.78 is 4.45. The van der Waals surface area contributed by atoms with E-state index in [0.717, 1.165) is 0 Å². The zero-order chi connectivity index (χ0) is 12.8. The predicted octanol–water partition coefficient (Wildman–Crippen LogP) is 0.747. The maximum absolute atomic E-state index is 11.6. The molecule has 7 heteroatoms. The minimum absolute atomic E-state index is 0.00153. The third-order valence-corrected chi connectivity index (χ3v) is 2.26. The van der Waals surface area contributed by atoms with Gasteiger partial charge in [-0.2, -0.15) is 0 Å². The molecular weight excluding hydrogens is 246 g/mol. The summed E-state index contributed by atoms with van der Waals surface area (Å²) in [6, 6.07) is 4.75. The molecule has 0 aromatic heterocycles. The number of hydrogen-bond acceptors (Lipinski definition) is 4. The fraction of sp³-hybridized carbons (Fsp3) is 0.200. The lowest BCUT2D eigenvalue weighted by Crippen LogP contribution is -2.29. The molecule has 17 heavy (non-hydrogen) atoms. The Labute approximate surface area is 103 Å². The van der Waals surface area contributed by atoms with Crippen LogP contribution in [0.4, 0.5) is 10.5 Å². The average Bonchev–Trinajstić information content (AvgIpc) is 2.27. The van der Waals surface area contributed by atoms with E-state index in [1.807, 2.05) is 0 Å². The van der Waals surface area contributed by atoms with E-state index in [1.54, 1.807) is 18.2 Å². The standard InChI is InChI=1S/C10H12ClN3O3/c11-7-3-1-2-6(8(7)12)9(15)14-4-5-17-10(13)16/h1-3H,4-5,12H2,(H2,13,16)(H,14,15). The highest BCUT2D eigenvalue weighted by molar-refractivity contribution is 6.33. The molecule has 0 bridgehead atoms. The maximum Gasteiger partial charge on any atom is 0.404 e. The number of nitrogens with two attached hydrogens (primary N) is 2. The van der Waals surface area contributed by atoms with Crippen LogP contribution in [-0.4, -0.2) is 25.2 Å². The van der Waals surface area contributed by atoms with E-state index in [4.69, 9.17) is 23.1 Å². The molecule has 92 valence electrons. The summed E-state index contributed by atoms with van der Waals surface area (Å²) in [5, 5.41) is 2.82. The van der Waals surface area contributed by atoms with Crippen molar-refractivity contribution in [3.63, 3.8) is 0 Å². The van der Waals surface area contributed by atoms with Crippen molar-refractivity contribution < 1.29 is 14.3 Å². The van der Waals surface area contributed by atoms with E-state index in [0.29, 0.717) is 5.02 Å². The number of carbonyl (C=O) groups is 2. The van der Waals surface area contributed by atoms with Crippen molar-refractivity contribution in [3.8, 4) is 0 Å². The first-order chi connectivity index (χ1) is 8.02. The van der Waals surface area contributed by atoms with Crippen LogP contribution < -0.4 is 16.8 Å². The smallest absolute Gasteiger partial charge is 0.404 e. The highest BCUT2D eigenvalue weighted by Crippen LogP contribution is 2.21. The predicted molar refractivity (Wildman–Crippen MR) is 63.7 cm³/mol. The van der Waals surface area contributed by atoms with Gasteiger partial charge in [-0.3, -0.25) is 4.79 Å². The Kier molecular flexibility index (Phi) is 4.59. The maximum atomic E-state index is 11.6. The van der Waals surface area contributed by atoms with Crippen molar-refractivity contribution >= 4 is 29.3 Å². The van der Waals surface area contributed by atoms with Gasteiger partial charge in [0.05, 0.1) is 22.8 Å². The van der Waals surface area contributed by atoms with E-state index in [-0.39, 0.29) is 24.4 Å². The topological polar surface area (TPSA) is 107 Å². The van der Waals surface area contributed by atoms with Crippen LogP contribution in [-0.2, 0) is 4.74 Å². The highest BCUT2D eigenvalue weighted by Gasteiger charge is 2.10. The molecule has 0 atom stereocenters. The lowest BCUT2D eigenvalue weighted by Gasteiger charge is -2.08. The molecule has 0 unspecified atom stereocenters. The van der Waals surface area contributed by atoms with Crippen LogP contribution in [0, 0.1) is 0 Å². The summed E-state index contributed by atoms with van der Waals surface area (Å²) >= 11 is 5.77. The molecule has 1 aromatic rings. The molecule has 1 rings (SSSR count). The number of nitrogen functional groups attached to an aromatic ring is 1. The molecule has 0 radical (unpaired) electrons. The second-order valence-electron chi connectivity index (χ2n) is 3.12. The first kappa shape index (κ1) is 13.1. The molecule has 0 fully saturated rings. The molecule has 6 nitrogen and oxygen atoms in total. The molecule has 0 aliphatic rings. The number of rotatable bonds is 4. The number of halogens is 1. The van der Waals surface area contributed by atoms with Crippen LogP contribution >= 0.6 is 11.6 Å². The quantitative estimate of drug-likeness (QED) is 0.546. The largest absolute Gasteiger partial charge is 0.448 e. The molecule has 0 aliphatic heterocycles. The highest BCUT2D eigenvalue weighted by atomic mass is 35.5. The third kappa shape index (κ3) is 3.84. The normalized spacial score (nSPS) is 9.71. The van der Waals surface area contributed by atoms with Gasteiger partial charge in [-0.1, -0.05) is 17.7 Å². The van der Waals surface area contributed by atoms with E-state index < -0.39 is 12.0 Å². The van der Waals surface area contributed by atoms with Crippen molar-refractivity contribution in [3.05, 3.63) is 28.8 Å². The molecular formula is C10H12ClN3O3. The Morgan fingerprint density at radius 3 is 2.76 bits per heavy atom. The fourth-order valence-electron chi connectivity index (χ4n) is 1.15. The van der Waals surface area contributed by atoms with Crippen LogP contribution in [0.3, 0.4) is 0 Å². The molecule has 2 amide bonds. The number of benzene rings is 1. The number of para-hydroxylation sites is 1. The van der Waals surface area contributed by atoms with Gasteiger partial charge in [0.15, 0.2) is 0 Å². The lowest BCUT2D eigenvalue weighted by atomic mass is 10.1. The van der Waals surface area contributed by atoms with Gasteiger partial charge in [-0.05, 0) is 12.1 Å². The molecule has 0 spiro atoms. The van der Waals surface area contributed by atoms with Gasteiger partial charge < -0.3 is 21.5 Å². The summed E-state index contributed by atoms with van der Waals surface area (Å²) in [4.78, 5) is 21.9. The van der Waals surface area contributed by atoms with Crippen molar-refractivity contribution in [2.45, 2.75) is 0 Å². The zero-order valence-corrected chi connectivity index (χ0v) is 9.66. The number of anilines is 1. The van der Waals surface area contributed by atoms with Gasteiger partial charge in [0.2, 0.25) is 0 Å². The fourth-order valence-corrected chi connectivity index (χ4v) is 1.32.